The summed E-state index contributed by atoms with van der Waals surface area (Å²) in [5.74, 6) is 1.47. The molecule has 0 aromatic heterocycles. The molecule has 0 aromatic rings. The molecule has 0 aromatic carbocycles. The first-order valence-corrected chi connectivity index (χ1v) is 11.3. The number of aliphatic imine (C=N–C) groups is 1. The van der Waals surface area contributed by atoms with Crippen molar-refractivity contribution in [3.63, 3.8) is 0 Å². The maximum absolute atomic E-state index is 13.3. The smallest absolute Gasteiger partial charge is 0.219 e. The van der Waals surface area contributed by atoms with Crippen molar-refractivity contribution < 1.29 is 19.4 Å². The molecule has 3 aliphatic heterocycles. The Kier molecular flexibility index (Phi) is 5.03. The first-order valence-electron chi connectivity index (χ1n) is 11.3. The van der Waals surface area contributed by atoms with Gasteiger partial charge in [0.15, 0.2) is 5.78 Å². The quantitative estimate of drug-likeness (QED) is 0.786. The van der Waals surface area contributed by atoms with Crippen LogP contribution in [0.25, 0.3) is 0 Å². The minimum atomic E-state index is -0.453. The highest BCUT2D eigenvalue weighted by Crippen LogP contribution is 2.57. The SMILES string of the molecule is COC1=N[C@H]2C[C@@H](O)CC3=C2C2(C=C1C(=O)CCN1CCCC1)CCCC[C@@H]2O3. The molecule has 1 unspecified atom stereocenters. The minimum absolute atomic E-state index is 0.0573. The molecule has 2 aliphatic carbocycles. The van der Waals surface area contributed by atoms with Crippen molar-refractivity contribution in [1.82, 2.24) is 4.90 Å². The van der Waals surface area contributed by atoms with Gasteiger partial charge in [-0.25, -0.2) is 4.99 Å². The van der Waals surface area contributed by atoms with Crippen LogP contribution in [0.3, 0.4) is 0 Å². The van der Waals surface area contributed by atoms with E-state index in [-0.39, 0.29) is 23.3 Å². The standard InChI is InChI=1S/C23H32N2O4/c1-28-22-16(18(27)7-11-25-9-4-5-10-25)14-23-8-3-2-6-20(23)29-19-13-15(26)12-17(24-22)21(19)23/h14-15,17,20,26H,2-13H2,1H3/t15-,17+,20+,23?/m1/s1. The molecule has 158 valence electrons. The van der Waals surface area contributed by atoms with Gasteiger partial charge < -0.3 is 19.5 Å². The molecule has 6 nitrogen and oxygen atoms in total. The summed E-state index contributed by atoms with van der Waals surface area (Å²) in [5, 5.41) is 10.4. The van der Waals surface area contributed by atoms with Crippen LogP contribution in [0.1, 0.15) is 57.8 Å². The van der Waals surface area contributed by atoms with Crippen LogP contribution in [-0.2, 0) is 14.3 Å². The molecule has 0 bridgehead atoms. The first-order chi connectivity index (χ1) is 14.1. The van der Waals surface area contributed by atoms with Crippen molar-refractivity contribution >= 4 is 11.7 Å². The van der Waals surface area contributed by atoms with E-state index in [1.807, 2.05) is 0 Å². The van der Waals surface area contributed by atoms with Crippen LogP contribution in [0, 0.1) is 5.41 Å². The number of rotatable bonds is 4. The van der Waals surface area contributed by atoms with Gasteiger partial charge in [-0.15, -0.1) is 0 Å². The fourth-order valence-corrected chi connectivity index (χ4v) is 6.11. The number of ketones is 1. The number of hydrogen-bond acceptors (Lipinski definition) is 6. The average Bonchev–Trinajstić information content (AvgIpc) is 3.31. The van der Waals surface area contributed by atoms with Crippen molar-refractivity contribution in [3.05, 3.63) is 23.0 Å². The van der Waals surface area contributed by atoms with E-state index < -0.39 is 6.10 Å². The molecule has 1 saturated carbocycles. The number of methoxy groups -OCH3 is 1. The Bertz CT molecular complexity index is 780. The predicted molar refractivity (Wildman–Crippen MR) is 110 cm³/mol. The Morgan fingerprint density at radius 3 is 2.97 bits per heavy atom. The molecule has 1 N–H and O–H groups in total. The number of carbonyl (C=O) groups excluding carboxylic acids is 1. The van der Waals surface area contributed by atoms with Crippen molar-refractivity contribution in [2.24, 2.45) is 10.4 Å². The van der Waals surface area contributed by atoms with Gasteiger partial charge in [-0.3, -0.25) is 4.79 Å². The van der Waals surface area contributed by atoms with Gasteiger partial charge in [-0.1, -0.05) is 12.5 Å². The van der Waals surface area contributed by atoms with Crippen LogP contribution in [0.15, 0.2) is 28.0 Å². The van der Waals surface area contributed by atoms with Gasteiger partial charge in [0.05, 0.1) is 30.2 Å². The maximum Gasteiger partial charge on any atom is 0.219 e. The molecular weight excluding hydrogens is 368 g/mol. The zero-order valence-corrected chi connectivity index (χ0v) is 17.4. The summed E-state index contributed by atoms with van der Waals surface area (Å²) in [6.45, 7) is 2.98. The van der Waals surface area contributed by atoms with E-state index >= 15 is 0 Å². The van der Waals surface area contributed by atoms with Gasteiger partial charge in [0.1, 0.15) is 11.9 Å². The van der Waals surface area contributed by atoms with E-state index in [1.54, 1.807) is 7.11 Å². The summed E-state index contributed by atoms with van der Waals surface area (Å²) >= 11 is 0. The fraction of sp³-hybridized carbons (Fsp3) is 0.739. The molecule has 2 fully saturated rings. The highest BCUT2D eigenvalue weighted by molar-refractivity contribution is 6.19. The van der Waals surface area contributed by atoms with E-state index in [4.69, 9.17) is 14.5 Å². The molecule has 4 atom stereocenters. The summed E-state index contributed by atoms with van der Waals surface area (Å²) < 4.78 is 12.0. The van der Waals surface area contributed by atoms with Gasteiger partial charge in [-0.05, 0) is 45.2 Å². The maximum atomic E-state index is 13.3. The number of Topliss-reactive ketones (excluding diaryl/α,β-unsaturated/α-hetero) is 1. The highest BCUT2D eigenvalue weighted by atomic mass is 16.5. The zero-order chi connectivity index (χ0) is 20.0. The van der Waals surface area contributed by atoms with E-state index in [0.717, 1.165) is 51.1 Å². The monoisotopic (exact) mass is 400 g/mol. The molecule has 0 amide bonds. The number of aliphatic hydroxyl groups is 1. The van der Waals surface area contributed by atoms with Crippen LogP contribution >= 0.6 is 0 Å². The summed E-state index contributed by atoms with van der Waals surface area (Å²) in [5.41, 5.74) is 1.57. The van der Waals surface area contributed by atoms with Crippen molar-refractivity contribution in [3.8, 4) is 0 Å². The zero-order valence-electron chi connectivity index (χ0n) is 17.4. The summed E-state index contributed by atoms with van der Waals surface area (Å²) in [6, 6.07) is -0.160. The van der Waals surface area contributed by atoms with E-state index in [1.165, 1.54) is 18.4 Å². The highest BCUT2D eigenvalue weighted by Gasteiger charge is 2.56. The Morgan fingerprint density at radius 2 is 2.17 bits per heavy atom. The lowest BCUT2D eigenvalue weighted by atomic mass is 9.64. The third-order valence-electron chi connectivity index (χ3n) is 7.47. The second kappa shape index (κ2) is 7.55. The molecule has 3 heterocycles. The van der Waals surface area contributed by atoms with Gasteiger partial charge in [-0.2, -0.15) is 0 Å². The number of ether oxygens (including phenoxy) is 2. The summed E-state index contributed by atoms with van der Waals surface area (Å²) in [7, 11) is 1.60. The summed E-state index contributed by atoms with van der Waals surface area (Å²) in [4.78, 5) is 20.6. The van der Waals surface area contributed by atoms with Crippen molar-refractivity contribution in [1.29, 1.82) is 0 Å². The van der Waals surface area contributed by atoms with Crippen LogP contribution in [0.5, 0.6) is 0 Å². The number of carbonyl (C=O) groups is 1. The number of aliphatic hydroxyl groups excluding tert-OH is 1. The van der Waals surface area contributed by atoms with Crippen molar-refractivity contribution in [2.45, 2.75) is 76.0 Å². The Hall–Kier alpha value is -1.66. The van der Waals surface area contributed by atoms with Crippen LogP contribution in [-0.4, -0.2) is 66.7 Å². The molecule has 6 heteroatoms. The minimum Gasteiger partial charge on any atom is -0.493 e. The number of likely N-dealkylation sites (tertiary alicyclic amines) is 1. The third kappa shape index (κ3) is 3.25. The second-order valence-electron chi connectivity index (χ2n) is 9.26. The lowest BCUT2D eigenvalue weighted by molar-refractivity contribution is -0.115. The topological polar surface area (TPSA) is 71.4 Å². The molecule has 1 spiro atoms. The largest absolute Gasteiger partial charge is 0.493 e. The average molecular weight is 401 g/mol. The number of hydrogen-bond donors (Lipinski definition) is 1. The van der Waals surface area contributed by atoms with Crippen LogP contribution in [0.4, 0.5) is 0 Å². The van der Waals surface area contributed by atoms with Gasteiger partial charge >= 0.3 is 0 Å². The van der Waals surface area contributed by atoms with E-state index in [0.29, 0.717) is 30.7 Å². The fourth-order valence-electron chi connectivity index (χ4n) is 6.11. The molecular formula is C23H32N2O4. The second-order valence-corrected chi connectivity index (χ2v) is 9.26. The Balaban J connectivity index is 1.52. The first kappa shape index (κ1) is 19.3. The van der Waals surface area contributed by atoms with Gasteiger partial charge in [0.25, 0.3) is 0 Å². The number of nitrogens with zero attached hydrogens (tertiary/aromatic N) is 2. The van der Waals surface area contributed by atoms with Gasteiger partial charge in [0.2, 0.25) is 5.90 Å². The predicted octanol–water partition coefficient (Wildman–Crippen LogP) is 2.76. The lowest BCUT2D eigenvalue weighted by Crippen LogP contribution is -2.39. The Labute approximate surface area is 172 Å². The van der Waals surface area contributed by atoms with E-state index in [9.17, 15) is 9.90 Å². The molecule has 5 aliphatic rings. The van der Waals surface area contributed by atoms with E-state index in [2.05, 4.69) is 11.0 Å². The molecule has 0 radical (unpaired) electrons. The summed E-state index contributed by atoms with van der Waals surface area (Å²) in [6.07, 6.45) is 10.1. The molecule has 5 rings (SSSR count). The third-order valence-corrected chi connectivity index (χ3v) is 7.47. The normalized spacial score (nSPS) is 36.6. The van der Waals surface area contributed by atoms with Gasteiger partial charge in [0, 0.05) is 31.4 Å². The van der Waals surface area contributed by atoms with Crippen LogP contribution < -0.4 is 0 Å². The van der Waals surface area contributed by atoms with Crippen molar-refractivity contribution in [2.75, 3.05) is 26.7 Å². The molecule has 1 saturated heterocycles. The molecule has 29 heavy (non-hydrogen) atoms. The lowest BCUT2D eigenvalue weighted by Gasteiger charge is -2.39. The Morgan fingerprint density at radius 1 is 1.34 bits per heavy atom. The van der Waals surface area contributed by atoms with Crippen LogP contribution in [0.2, 0.25) is 0 Å².